The molecule has 0 N–H and O–H groups in total. The Morgan fingerprint density at radius 3 is 2.38 bits per heavy atom. The van der Waals surface area contributed by atoms with E-state index >= 15 is 0 Å². The largest absolute Gasteiger partial charge is 0.454 e. The molecule has 4 rings (SSSR count). The van der Waals surface area contributed by atoms with Crippen molar-refractivity contribution in [1.82, 2.24) is 0 Å². The molecular formula is C23H20O4S2. The topological polar surface area (TPSA) is 52.6 Å². The zero-order chi connectivity index (χ0) is 20.1. The van der Waals surface area contributed by atoms with Crippen molar-refractivity contribution in [2.75, 3.05) is 18.3 Å². The van der Waals surface area contributed by atoms with Crippen LogP contribution in [0.25, 0.3) is 6.08 Å². The molecule has 4 nitrogen and oxygen atoms in total. The first-order valence-corrected chi connectivity index (χ1v) is 11.4. The minimum Gasteiger partial charge on any atom is -0.454 e. The molecule has 0 aliphatic carbocycles. The molecule has 0 aromatic heterocycles. The van der Waals surface area contributed by atoms with E-state index < -0.39 is 0 Å². The first kappa shape index (κ1) is 19.9. The molecular weight excluding hydrogens is 404 g/mol. The summed E-state index contributed by atoms with van der Waals surface area (Å²) in [5.74, 6) is 2.71. The second kappa shape index (κ2) is 9.37. The maximum absolute atomic E-state index is 13.2. The average molecular weight is 425 g/mol. The van der Waals surface area contributed by atoms with Crippen LogP contribution in [0.2, 0.25) is 0 Å². The minimum absolute atomic E-state index is 0.206. The highest BCUT2D eigenvalue weighted by atomic mass is 32.2. The lowest BCUT2D eigenvalue weighted by molar-refractivity contribution is -0.111. The second-order valence-corrected chi connectivity index (χ2v) is 9.04. The number of ether oxygens (including phenoxy) is 2. The Morgan fingerprint density at radius 1 is 0.897 bits per heavy atom. The van der Waals surface area contributed by atoms with Crippen molar-refractivity contribution in [3.8, 4) is 11.5 Å². The minimum atomic E-state index is -0.270. The first-order valence-electron chi connectivity index (χ1n) is 9.44. The molecule has 0 saturated carbocycles. The number of allylic oxidation sites excluding steroid dienone is 2. The van der Waals surface area contributed by atoms with E-state index in [-0.39, 0.29) is 23.9 Å². The predicted octanol–water partition coefficient (Wildman–Crippen LogP) is 5.35. The van der Waals surface area contributed by atoms with Crippen LogP contribution in [0.1, 0.15) is 28.8 Å². The molecule has 29 heavy (non-hydrogen) atoms. The molecule has 2 aliphatic heterocycles. The van der Waals surface area contributed by atoms with Gasteiger partial charge >= 0.3 is 0 Å². The number of carbonyl (C=O) groups excluding carboxylic acids is 2. The van der Waals surface area contributed by atoms with E-state index in [0.29, 0.717) is 17.1 Å². The molecule has 6 heteroatoms. The summed E-state index contributed by atoms with van der Waals surface area (Å²) >= 11 is 3.22. The molecule has 1 fully saturated rings. The number of rotatable bonds is 5. The van der Waals surface area contributed by atoms with Gasteiger partial charge in [0.2, 0.25) is 6.79 Å². The highest BCUT2D eigenvalue weighted by Gasteiger charge is 2.24. The molecule has 0 bridgehead atoms. The van der Waals surface area contributed by atoms with Gasteiger partial charge in [-0.15, -0.1) is 23.5 Å². The molecule has 2 aromatic carbocycles. The molecule has 0 spiro atoms. The predicted molar refractivity (Wildman–Crippen MR) is 119 cm³/mol. The number of hydrogen-bond acceptors (Lipinski definition) is 6. The van der Waals surface area contributed by atoms with E-state index in [1.54, 1.807) is 41.7 Å². The van der Waals surface area contributed by atoms with Crippen LogP contribution in [0, 0.1) is 0 Å². The molecule has 2 heterocycles. The fraction of sp³-hybridized carbons (Fsp3) is 0.217. The van der Waals surface area contributed by atoms with Gasteiger partial charge in [0.25, 0.3) is 0 Å². The number of fused-ring (bicyclic) bond motifs is 1. The van der Waals surface area contributed by atoms with E-state index in [2.05, 4.69) is 0 Å². The third kappa shape index (κ3) is 4.77. The highest BCUT2D eigenvalue weighted by Crippen LogP contribution is 2.38. The summed E-state index contributed by atoms with van der Waals surface area (Å²) in [6.07, 6.45) is 5.38. The number of benzene rings is 2. The zero-order valence-electron chi connectivity index (χ0n) is 15.8. The van der Waals surface area contributed by atoms with Crippen LogP contribution in [0.15, 0.2) is 64.4 Å². The molecule has 148 valence electrons. The Balaban J connectivity index is 1.64. The smallest absolute Gasteiger partial charge is 0.231 e. The number of carbonyl (C=O) groups is 2. The van der Waals surface area contributed by atoms with Crippen LogP contribution < -0.4 is 9.47 Å². The van der Waals surface area contributed by atoms with Crippen molar-refractivity contribution in [3.05, 3.63) is 75.5 Å². The van der Waals surface area contributed by atoms with Gasteiger partial charge in [-0.2, -0.15) is 0 Å². The van der Waals surface area contributed by atoms with Crippen LogP contribution in [-0.4, -0.2) is 29.9 Å². The van der Waals surface area contributed by atoms with E-state index in [1.807, 2.05) is 36.4 Å². The van der Waals surface area contributed by atoms with Gasteiger partial charge in [0, 0.05) is 5.56 Å². The van der Waals surface area contributed by atoms with E-state index in [9.17, 15) is 9.59 Å². The Hall–Kier alpha value is -2.44. The molecule has 0 unspecified atom stereocenters. The normalized spacial score (nSPS) is 15.9. The number of thioether (sulfide) groups is 2. The first-order chi connectivity index (χ1) is 14.2. The molecule has 0 atom stereocenters. The monoisotopic (exact) mass is 424 g/mol. The van der Waals surface area contributed by atoms with E-state index in [1.165, 1.54) is 6.08 Å². The fourth-order valence-corrected chi connectivity index (χ4v) is 5.61. The molecule has 0 radical (unpaired) electrons. The average Bonchev–Trinajstić information content (AvgIpc) is 3.07. The van der Waals surface area contributed by atoms with Gasteiger partial charge < -0.3 is 9.47 Å². The summed E-state index contributed by atoms with van der Waals surface area (Å²) in [5.41, 5.74) is 1.62. The summed E-state index contributed by atoms with van der Waals surface area (Å²) in [4.78, 5) is 26.3. The summed E-state index contributed by atoms with van der Waals surface area (Å²) in [6.45, 7) is 0.206. The molecule has 0 amide bonds. The lowest BCUT2D eigenvalue weighted by atomic mass is 10.0. The van der Waals surface area contributed by atoms with Crippen LogP contribution in [0.3, 0.4) is 0 Å². The van der Waals surface area contributed by atoms with Gasteiger partial charge in [-0.05, 0) is 48.1 Å². The fourth-order valence-electron chi connectivity index (χ4n) is 3.03. The summed E-state index contributed by atoms with van der Waals surface area (Å²) in [5, 5.41) is 0. The van der Waals surface area contributed by atoms with Crippen molar-refractivity contribution in [3.63, 3.8) is 0 Å². The second-order valence-electron chi connectivity index (χ2n) is 6.57. The Labute approximate surface area is 178 Å². The maximum Gasteiger partial charge on any atom is 0.231 e. The highest BCUT2D eigenvalue weighted by molar-refractivity contribution is 8.22. The van der Waals surface area contributed by atoms with Gasteiger partial charge in [-0.1, -0.05) is 42.5 Å². The summed E-state index contributed by atoms with van der Waals surface area (Å²) < 4.78 is 11.5. The lowest BCUT2D eigenvalue weighted by Crippen LogP contribution is -2.13. The zero-order valence-corrected chi connectivity index (χ0v) is 17.4. The van der Waals surface area contributed by atoms with Crippen LogP contribution in [0.4, 0.5) is 0 Å². The number of ketones is 2. The van der Waals surface area contributed by atoms with Gasteiger partial charge in [0.05, 0.1) is 9.81 Å². The number of Topliss-reactive ketones (excluding diaryl/α,β-unsaturated/α-hetero) is 1. The van der Waals surface area contributed by atoms with E-state index in [4.69, 9.17) is 9.47 Å². The van der Waals surface area contributed by atoms with Crippen molar-refractivity contribution >= 4 is 41.2 Å². The van der Waals surface area contributed by atoms with E-state index in [0.717, 1.165) is 34.1 Å². The summed E-state index contributed by atoms with van der Waals surface area (Å²) in [7, 11) is 0. The SMILES string of the molecule is O=C(/C=C/c1ccc2c(c1)OCO2)C(C(=O)c1ccccc1)=C1SCCCCS1. The van der Waals surface area contributed by atoms with Crippen molar-refractivity contribution in [2.45, 2.75) is 12.8 Å². The van der Waals surface area contributed by atoms with Gasteiger partial charge in [0.1, 0.15) is 0 Å². The lowest BCUT2D eigenvalue weighted by Gasteiger charge is -2.10. The van der Waals surface area contributed by atoms with Gasteiger partial charge in [-0.3, -0.25) is 9.59 Å². The quantitative estimate of drug-likeness (QED) is 0.279. The number of hydrogen-bond donors (Lipinski definition) is 0. The molecule has 2 aliphatic rings. The van der Waals surface area contributed by atoms with Crippen LogP contribution in [0.5, 0.6) is 11.5 Å². The van der Waals surface area contributed by atoms with Crippen LogP contribution >= 0.6 is 23.5 Å². The van der Waals surface area contributed by atoms with Crippen molar-refractivity contribution < 1.29 is 19.1 Å². The Bertz CT molecular complexity index is 970. The Kier molecular flexibility index (Phi) is 6.42. The third-order valence-corrected chi connectivity index (χ3v) is 7.17. The summed E-state index contributed by atoms with van der Waals surface area (Å²) in [6, 6.07) is 14.5. The van der Waals surface area contributed by atoms with Gasteiger partial charge in [0.15, 0.2) is 23.1 Å². The van der Waals surface area contributed by atoms with Crippen molar-refractivity contribution in [1.29, 1.82) is 0 Å². The van der Waals surface area contributed by atoms with Crippen LogP contribution in [-0.2, 0) is 4.79 Å². The standard InChI is InChI=1S/C23H20O4S2/c24-18(10-8-16-9-11-19-20(14-16)27-15-26-19)21(23-28-12-4-5-13-29-23)22(25)17-6-2-1-3-7-17/h1-3,6-11,14H,4-5,12-13,15H2/b10-8+. The molecule has 2 aromatic rings. The van der Waals surface area contributed by atoms with Crippen molar-refractivity contribution in [2.24, 2.45) is 0 Å². The third-order valence-electron chi connectivity index (χ3n) is 4.54. The molecule has 1 saturated heterocycles. The Morgan fingerprint density at radius 2 is 1.62 bits per heavy atom. The maximum atomic E-state index is 13.2. The van der Waals surface area contributed by atoms with Gasteiger partial charge in [-0.25, -0.2) is 0 Å².